The van der Waals surface area contributed by atoms with Crippen LogP contribution in [0.5, 0.6) is 5.75 Å². The molecule has 2 aromatic carbocycles. The van der Waals surface area contributed by atoms with Crippen LogP contribution in [0, 0.1) is 5.82 Å². The molecular weight excluding hydrogens is 479 g/mol. The summed E-state index contributed by atoms with van der Waals surface area (Å²) in [6.45, 7) is 4.86. The molecule has 1 fully saturated rings. The topological polar surface area (TPSA) is 73.9 Å². The molecule has 2 heterocycles. The van der Waals surface area contributed by atoms with Gasteiger partial charge >= 0.3 is 11.8 Å². The molecule has 190 valence electrons. The van der Waals surface area contributed by atoms with Gasteiger partial charge in [0.15, 0.2) is 0 Å². The molecule has 1 saturated heterocycles. The molecule has 0 unspecified atom stereocenters. The molecule has 2 atom stereocenters. The Morgan fingerprint density at radius 3 is 2.42 bits per heavy atom. The number of benzene rings is 2. The van der Waals surface area contributed by atoms with Gasteiger partial charge in [-0.1, -0.05) is 36.4 Å². The van der Waals surface area contributed by atoms with Crippen molar-refractivity contribution >= 4 is 28.8 Å². The van der Waals surface area contributed by atoms with Crippen LogP contribution in [0.25, 0.3) is 0 Å². The lowest BCUT2D eigenvalue weighted by molar-refractivity contribution is -0.140. The first-order valence-electron chi connectivity index (χ1n) is 12.0. The van der Waals surface area contributed by atoms with E-state index >= 15 is 0 Å². The number of hydrogen-bond donors (Lipinski definition) is 2. The second-order valence-corrected chi connectivity index (χ2v) is 9.67. The number of methoxy groups -OCH3 is 1. The van der Waals surface area contributed by atoms with Crippen LogP contribution in [0.1, 0.15) is 23.4 Å². The minimum Gasteiger partial charge on any atom is -0.496 e. The third kappa shape index (κ3) is 6.03. The van der Waals surface area contributed by atoms with Gasteiger partial charge in [0.1, 0.15) is 11.6 Å². The van der Waals surface area contributed by atoms with Crippen LogP contribution in [0.2, 0.25) is 0 Å². The normalized spacial score (nSPS) is 15.7. The Kier molecular flexibility index (Phi) is 8.56. The van der Waals surface area contributed by atoms with Crippen molar-refractivity contribution in [3.8, 4) is 5.75 Å². The maximum atomic E-state index is 14.3. The predicted octanol–water partition coefficient (Wildman–Crippen LogP) is 3.58. The van der Waals surface area contributed by atoms with E-state index in [1.165, 1.54) is 6.07 Å². The summed E-state index contributed by atoms with van der Waals surface area (Å²) >= 11 is 1.62. The zero-order valence-corrected chi connectivity index (χ0v) is 21.3. The first-order valence-corrected chi connectivity index (χ1v) is 12.8. The number of carbonyl (C=O) groups is 2. The van der Waals surface area contributed by atoms with Crippen LogP contribution in [0.15, 0.2) is 66.0 Å². The number of amides is 2. The third-order valence-corrected chi connectivity index (χ3v) is 7.35. The fraction of sp³-hybridized carbons (Fsp3) is 0.333. The van der Waals surface area contributed by atoms with E-state index in [2.05, 4.69) is 15.5 Å². The van der Waals surface area contributed by atoms with Gasteiger partial charge in [-0.05, 0) is 36.6 Å². The third-order valence-electron chi connectivity index (χ3n) is 6.41. The summed E-state index contributed by atoms with van der Waals surface area (Å²) in [5, 5.41) is 7.57. The molecule has 36 heavy (non-hydrogen) atoms. The van der Waals surface area contributed by atoms with E-state index in [0.29, 0.717) is 37.6 Å². The van der Waals surface area contributed by atoms with Crippen LogP contribution in [-0.2, 0) is 16.1 Å². The molecular formula is C27H31FN4O3S. The summed E-state index contributed by atoms with van der Waals surface area (Å²) in [5.74, 6) is -0.939. The van der Waals surface area contributed by atoms with Crippen molar-refractivity contribution in [1.29, 1.82) is 0 Å². The molecule has 0 radical (unpaired) electrons. The summed E-state index contributed by atoms with van der Waals surface area (Å²) in [6, 6.07) is 17.8. The van der Waals surface area contributed by atoms with Crippen molar-refractivity contribution in [3.05, 3.63) is 82.3 Å². The number of rotatable bonds is 8. The van der Waals surface area contributed by atoms with Crippen LogP contribution in [0.4, 0.5) is 10.1 Å². The Labute approximate surface area is 214 Å². The largest absolute Gasteiger partial charge is 0.496 e. The van der Waals surface area contributed by atoms with E-state index in [4.69, 9.17) is 4.74 Å². The summed E-state index contributed by atoms with van der Waals surface area (Å²) in [7, 11) is 1.57. The summed E-state index contributed by atoms with van der Waals surface area (Å²) in [4.78, 5) is 30.7. The number of halogens is 1. The van der Waals surface area contributed by atoms with Gasteiger partial charge in [-0.25, -0.2) is 4.39 Å². The molecule has 0 bridgehead atoms. The number of nitrogens with one attached hydrogen (secondary N) is 2. The number of anilines is 1. The van der Waals surface area contributed by atoms with Crippen LogP contribution in [0.3, 0.4) is 0 Å². The second kappa shape index (κ2) is 12.0. The number of carbonyl (C=O) groups excluding carboxylic acids is 2. The van der Waals surface area contributed by atoms with Crippen molar-refractivity contribution in [2.24, 2.45) is 0 Å². The zero-order chi connectivity index (χ0) is 25.5. The monoisotopic (exact) mass is 510 g/mol. The lowest BCUT2D eigenvalue weighted by atomic mass is 10.0. The van der Waals surface area contributed by atoms with Crippen LogP contribution < -0.4 is 20.3 Å². The highest BCUT2D eigenvalue weighted by molar-refractivity contribution is 7.10. The Morgan fingerprint density at radius 2 is 1.72 bits per heavy atom. The fourth-order valence-corrected chi connectivity index (χ4v) is 5.57. The van der Waals surface area contributed by atoms with E-state index < -0.39 is 11.8 Å². The highest BCUT2D eigenvalue weighted by atomic mass is 32.1. The van der Waals surface area contributed by atoms with Gasteiger partial charge in [-0.3, -0.25) is 14.5 Å². The van der Waals surface area contributed by atoms with E-state index in [1.807, 2.05) is 53.6 Å². The predicted molar refractivity (Wildman–Crippen MR) is 140 cm³/mol. The molecule has 1 aliphatic rings. The Bertz CT molecular complexity index is 1170. The average Bonchev–Trinajstić information content (AvgIpc) is 3.42. The molecule has 7 nitrogen and oxygen atoms in total. The van der Waals surface area contributed by atoms with Gasteiger partial charge in [-0.15, -0.1) is 11.3 Å². The first-order chi connectivity index (χ1) is 17.5. The summed E-state index contributed by atoms with van der Waals surface area (Å²) in [6.07, 6.45) is 0. The maximum absolute atomic E-state index is 14.3. The summed E-state index contributed by atoms with van der Waals surface area (Å²) < 4.78 is 19.6. The van der Waals surface area contributed by atoms with Gasteiger partial charge in [0, 0.05) is 49.2 Å². The number of hydrogen-bond acceptors (Lipinski definition) is 6. The molecule has 2 N–H and O–H groups in total. The lowest BCUT2D eigenvalue weighted by Gasteiger charge is -2.42. The molecule has 0 saturated carbocycles. The lowest BCUT2D eigenvalue weighted by Crippen LogP contribution is -2.53. The molecule has 4 rings (SSSR count). The van der Waals surface area contributed by atoms with E-state index in [0.717, 1.165) is 10.4 Å². The standard InChI is InChI=1S/C27H31FN4O3S/c1-19(30-27(34)26(33)29-18-20-8-3-6-11-23(20)35-2)25(24-12-7-17-36-24)32-15-13-31(14-16-32)22-10-5-4-9-21(22)28/h3-12,17,19,25H,13-16,18H2,1-2H3,(H,29,33)(H,30,34)/t19-,25+/m1/s1. The maximum Gasteiger partial charge on any atom is 0.309 e. The van der Waals surface area contributed by atoms with Gasteiger partial charge in [0.05, 0.1) is 18.8 Å². The minimum atomic E-state index is -0.693. The quantitative estimate of drug-likeness (QED) is 0.453. The zero-order valence-electron chi connectivity index (χ0n) is 20.4. The number of piperazine rings is 1. The average molecular weight is 511 g/mol. The summed E-state index contributed by atoms with van der Waals surface area (Å²) in [5.41, 5.74) is 1.40. The highest BCUT2D eigenvalue weighted by Gasteiger charge is 2.32. The fourth-order valence-electron chi connectivity index (χ4n) is 4.61. The smallest absolute Gasteiger partial charge is 0.309 e. The van der Waals surface area contributed by atoms with E-state index in [-0.39, 0.29) is 24.4 Å². The number of ether oxygens (including phenoxy) is 1. The minimum absolute atomic E-state index is 0.0984. The Balaban J connectivity index is 1.38. The van der Waals surface area contributed by atoms with Crippen LogP contribution in [-0.4, -0.2) is 56.0 Å². The van der Waals surface area contributed by atoms with Crippen molar-refractivity contribution in [2.75, 3.05) is 38.2 Å². The van der Waals surface area contributed by atoms with Gasteiger partial charge in [-0.2, -0.15) is 0 Å². The van der Waals surface area contributed by atoms with Gasteiger partial charge in [0.25, 0.3) is 0 Å². The number of thiophene rings is 1. The Hall–Kier alpha value is -3.43. The molecule has 1 aromatic heterocycles. The molecule has 3 aromatic rings. The first kappa shape index (κ1) is 25.7. The number of para-hydroxylation sites is 2. The highest BCUT2D eigenvalue weighted by Crippen LogP contribution is 2.30. The second-order valence-electron chi connectivity index (χ2n) is 8.69. The van der Waals surface area contributed by atoms with Crippen molar-refractivity contribution < 1.29 is 18.7 Å². The van der Waals surface area contributed by atoms with Crippen molar-refractivity contribution in [3.63, 3.8) is 0 Å². The van der Waals surface area contributed by atoms with Crippen LogP contribution >= 0.6 is 11.3 Å². The van der Waals surface area contributed by atoms with Gasteiger partial charge < -0.3 is 20.3 Å². The molecule has 1 aliphatic heterocycles. The molecule has 0 aliphatic carbocycles. The van der Waals surface area contributed by atoms with Crippen molar-refractivity contribution in [2.45, 2.75) is 25.6 Å². The number of nitrogens with zero attached hydrogens (tertiary/aromatic N) is 2. The van der Waals surface area contributed by atoms with E-state index in [9.17, 15) is 14.0 Å². The Morgan fingerprint density at radius 1 is 1.00 bits per heavy atom. The van der Waals surface area contributed by atoms with Crippen molar-refractivity contribution in [1.82, 2.24) is 15.5 Å². The molecule has 2 amide bonds. The molecule has 0 spiro atoms. The van der Waals surface area contributed by atoms with E-state index in [1.54, 1.807) is 36.6 Å². The SMILES string of the molecule is COc1ccccc1CNC(=O)C(=O)N[C@H](C)[C@@H](c1cccs1)N1CCN(c2ccccc2F)CC1. The van der Waals surface area contributed by atoms with Gasteiger partial charge in [0.2, 0.25) is 0 Å². The molecule has 9 heteroatoms.